The molecule has 140 valence electrons. The molecule has 0 aliphatic heterocycles. The van der Waals surface area contributed by atoms with E-state index in [9.17, 15) is 19.1 Å². The Kier molecular flexibility index (Phi) is 6.22. The number of benzene rings is 1. The zero-order chi connectivity index (χ0) is 19.4. The zero-order valence-corrected chi connectivity index (χ0v) is 16.1. The minimum Gasteiger partial charge on any atom is -0.383 e. The van der Waals surface area contributed by atoms with Gasteiger partial charge in [0.1, 0.15) is 11.9 Å². The summed E-state index contributed by atoms with van der Waals surface area (Å²) in [5.41, 5.74) is 1.04. The van der Waals surface area contributed by atoms with Gasteiger partial charge >= 0.3 is 11.8 Å². The van der Waals surface area contributed by atoms with Crippen LogP contribution in [0.25, 0.3) is 0 Å². The molecular weight excluding hydrogens is 411 g/mol. The quantitative estimate of drug-likeness (QED) is 0.543. The number of hydrogen-bond acceptors (Lipinski definition) is 5. The highest BCUT2D eigenvalue weighted by molar-refractivity contribution is 7.12. The molecule has 0 radical (unpaired) electrons. The Bertz CT molecular complexity index is 959. The number of anilines is 1. The van der Waals surface area contributed by atoms with Crippen LogP contribution >= 0.6 is 34.3 Å². The van der Waals surface area contributed by atoms with Crippen LogP contribution in [0, 0.1) is 5.82 Å². The van der Waals surface area contributed by atoms with Crippen LogP contribution in [0.3, 0.4) is 0 Å². The van der Waals surface area contributed by atoms with Crippen molar-refractivity contribution in [1.82, 2.24) is 5.32 Å². The molecule has 3 rings (SSSR count). The minimum atomic E-state index is -0.882. The third kappa shape index (κ3) is 4.92. The summed E-state index contributed by atoms with van der Waals surface area (Å²) in [7, 11) is 0. The van der Waals surface area contributed by atoms with E-state index in [-0.39, 0.29) is 17.3 Å². The molecule has 27 heavy (non-hydrogen) atoms. The number of carbonyl (C=O) groups is 2. The lowest BCUT2D eigenvalue weighted by atomic mass is 10.2. The van der Waals surface area contributed by atoms with Gasteiger partial charge in [0.05, 0.1) is 11.6 Å². The van der Waals surface area contributed by atoms with Crippen molar-refractivity contribution in [3.63, 3.8) is 0 Å². The van der Waals surface area contributed by atoms with Gasteiger partial charge in [-0.25, -0.2) is 4.39 Å². The number of hydrogen-bond donors (Lipinski definition) is 3. The van der Waals surface area contributed by atoms with E-state index >= 15 is 0 Å². The number of halogens is 2. The van der Waals surface area contributed by atoms with Gasteiger partial charge in [0.15, 0.2) is 0 Å². The molecule has 3 aromatic rings. The Morgan fingerprint density at radius 1 is 1.19 bits per heavy atom. The number of carbonyl (C=O) groups excluding carboxylic acids is 2. The molecule has 0 bridgehead atoms. The van der Waals surface area contributed by atoms with Gasteiger partial charge in [-0.2, -0.15) is 11.3 Å². The first-order valence-electron chi connectivity index (χ1n) is 7.77. The topological polar surface area (TPSA) is 78.4 Å². The number of amides is 2. The molecule has 9 heteroatoms. The van der Waals surface area contributed by atoms with Crippen molar-refractivity contribution in [2.45, 2.75) is 12.6 Å². The first-order valence-corrected chi connectivity index (χ1v) is 9.91. The summed E-state index contributed by atoms with van der Waals surface area (Å²) >= 11 is 8.49. The molecule has 2 aromatic heterocycles. The van der Waals surface area contributed by atoms with E-state index < -0.39 is 23.7 Å². The van der Waals surface area contributed by atoms with Crippen molar-refractivity contribution in [2.24, 2.45) is 0 Å². The van der Waals surface area contributed by atoms with E-state index in [1.807, 2.05) is 16.8 Å². The molecular formula is C18H14ClFN2O3S2. The van der Waals surface area contributed by atoms with Gasteiger partial charge in [0.25, 0.3) is 0 Å². The standard InChI is InChI=1S/C18H14ClFN2O3S2/c19-13-7-11(1-3-14(13)20)22-18(25)17(24)21-8-12-2-4-15(27-12)16(23)10-5-6-26-9-10/h1-7,9,16,23H,8H2,(H,21,24)(H,22,25). The van der Waals surface area contributed by atoms with Crippen LogP contribution in [-0.4, -0.2) is 16.9 Å². The first-order chi connectivity index (χ1) is 12.9. The van der Waals surface area contributed by atoms with E-state index in [0.717, 1.165) is 21.4 Å². The number of thiophene rings is 2. The fourth-order valence-corrected chi connectivity index (χ4v) is 4.07. The molecule has 0 saturated carbocycles. The first kappa shape index (κ1) is 19.5. The molecule has 5 nitrogen and oxygen atoms in total. The summed E-state index contributed by atoms with van der Waals surface area (Å²) in [5, 5.41) is 18.8. The third-order valence-electron chi connectivity index (χ3n) is 3.62. The predicted octanol–water partition coefficient (Wildman–Crippen LogP) is 3.94. The van der Waals surface area contributed by atoms with Crippen LogP contribution in [-0.2, 0) is 16.1 Å². The van der Waals surface area contributed by atoms with Crippen molar-refractivity contribution in [2.75, 3.05) is 5.32 Å². The maximum Gasteiger partial charge on any atom is 0.313 e. The maximum absolute atomic E-state index is 13.1. The lowest BCUT2D eigenvalue weighted by Gasteiger charge is -2.07. The molecule has 0 spiro atoms. The SMILES string of the molecule is O=C(NCc1ccc(C(O)c2ccsc2)s1)C(=O)Nc1ccc(F)c(Cl)c1. The molecule has 3 N–H and O–H groups in total. The van der Waals surface area contributed by atoms with E-state index in [4.69, 9.17) is 11.6 Å². The van der Waals surface area contributed by atoms with E-state index in [1.165, 1.54) is 34.8 Å². The fourth-order valence-electron chi connectivity index (χ4n) is 2.24. The van der Waals surface area contributed by atoms with Crippen LogP contribution in [0.5, 0.6) is 0 Å². The normalized spacial score (nSPS) is 11.8. The second-order valence-electron chi connectivity index (χ2n) is 5.53. The van der Waals surface area contributed by atoms with E-state index in [1.54, 1.807) is 12.1 Å². The van der Waals surface area contributed by atoms with Gasteiger partial charge in [-0.3, -0.25) is 9.59 Å². The Hall–Kier alpha value is -2.26. The number of aliphatic hydroxyl groups excluding tert-OH is 1. The predicted molar refractivity (Wildman–Crippen MR) is 105 cm³/mol. The molecule has 1 aromatic carbocycles. The zero-order valence-electron chi connectivity index (χ0n) is 13.7. The maximum atomic E-state index is 13.1. The van der Waals surface area contributed by atoms with Crippen molar-refractivity contribution in [3.8, 4) is 0 Å². The van der Waals surface area contributed by atoms with E-state index in [2.05, 4.69) is 10.6 Å². The lowest BCUT2D eigenvalue weighted by molar-refractivity contribution is -0.136. The third-order valence-corrected chi connectivity index (χ3v) is 5.75. The van der Waals surface area contributed by atoms with Crippen LogP contribution in [0.15, 0.2) is 47.2 Å². The molecule has 0 saturated heterocycles. The summed E-state index contributed by atoms with van der Waals surface area (Å²) in [6.07, 6.45) is -0.711. The van der Waals surface area contributed by atoms with Crippen molar-refractivity contribution >= 4 is 51.8 Å². The Morgan fingerprint density at radius 2 is 2.00 bits per heavy atom. The average Bonchev–Trinajstić information content (AvgIpc) is 3.34. The number of rotatable bonds is 5. The Labute approximate surface area is 167 Å². The van der Waals surface area contributed by atoms with E-state index in [0.29, 0.717) is 0 Å². The number of aliphatic hydroxyl groups is 1. The van der Waals surface area contributed by atoms with Gasteiger partial charge in [-0.1, -0.05) is 11.6 Å². The number of nitrogens with one attached hydrogen (secondary N) is 2. The average molecular weight is 425 g/mol. The summed E-state index contributed by atoms with van der Waals surface area (Å²) in [6.45, 7) is 0.150. The van der Waals surface area contributed by atoms with Gasteiger partial charge in [-0.15, -0.1) is 11.3 Å². The minimum absolute atomic E-state index is 0.150. The molecule has 0 aliphatic rings. The smallest absolute Gasteiger partial charge is 0.313 e. The molecule has 1 unspecified atom stereocenters. The highest BCUT2D eigenvalue weighted by Crippen LogP contribution is 2.29. The van der Waals surface area contributed by atoms with Gasteiger partial charge < -0.3 is 15.7 Å². The summed E-state index contributed by atoms with van der Waals surface area (Å²) in [6, 6.07) is 9.05. The monoisotopic (exact) mass is 424 g/mol. The van der Waals surface area contributed by atoms with Gasteiger partial charge in [0, 0.05) is 15.4 Å². The fraction of sp³-hybridized carbons (Fsp3) is 0.111. The highest BCUT2D eigenvalue weighted by Gasteiger charge is 2.16. The molecule has 2 heterocycles. The van der Waals surface area contributed by atoms with Crippen molar-refractivity contribution in [3.05, 3.63) is 73.3 Å². The second kappa shape index (κ2) is 8.62. The summed E-state index contributed by atoms with van der Waals surface area (Å²) < 4.78 is 13.1. The van der Waals surface area contributed by atoms with Crippen LogP contribution in [0.2, 0.25) is 5.02 Å². The van der Waals surface area contributed by atoms with Crippen molar-refractivity contribution < 1.29 is 19.1 Å². The second-order valence-corrected chi connectivity index (χ2v) is 7.92. The molecule has 0 aliphatic carbocycles. The van der Waals surface area contributed by atoms with Gasteiger partial charge in [0.2, 0.25) is 0 Å². The van der Waals surface area contributed by atoms with Crippen LogP contribution in [0.1, 0.15) is 21.4 Å². The largest absolute Gasteiger partial charge is 0.383 e. The Morgan fingerprint density at radius 3 is 2.70 bits per heavy atom. The molecule has 1 atom stereocenters. The van der Waals surface area contributed by atoms with Crippen molar-refractivity contribution in [1.29, 1.82) is 0 Å². The van der Waals surface area contributed by atoms with Crippen LogP contribution in [0.4, 0.5) is 10.1 Å². The Balaban J connectivity index is 1.54. The molecule has 2 amide bonds. The highest BCUT2D eigenvalue weighted by atomic mass is 35.5. The summed E-state index contributed by atoms with van der Waals surface area (Å²) in [4.78, 5) is 25.4. The molecule has 0 fully saturated rings. The lowest BCUT2D eigenvalue weighted by Crippen LogP contribution is -2.34. The van der Waals surface area contributed by atoms with Crippen LogP contribution < -0.4 is 10.6 Å². The van der Waals surface area contributed by atoms with Gasteiger partial charge in [-0.05, 0) is 52.7 Å². The summed E-state index contributed by atoms with van der Waals surface area (Å²) in [5.74, 6) is -2.33.